The Morgan fingerprint density at radius 1 is 1.33 bits per heavy atom. The van der Waals surface area contributed by atoms with Gasteiger partial charge in [0.25, 0.3) is 0 Å². The van der Waals surface area contributed by atoms with E-state index in [-0.39, 0.29) is 5.41 Å². The second-order valence-electron chi connectivity index (χ2n) is 5.10. The maximum Gasteiger partial charge on any atom is 0.147 e. The van der Waals surface area contributed by atoms with Crippen molar-refractivity contribution >= 4 is 0 Å². The molecule has 1 rings (SSSR count). The van der Waals surface area contributed by atoms with Crippen molar-refractivity contribution in [1.29, 1.82) is 0 Å². The van der Waals surface area contributed by atoms with E-state index in [0.29, 0.717) is 6.04 Å². The van der Waals surface area contributed by atoms with Gasteiger partial charge in [0.15, 0.2) is 0 Å². The Kier molecular flexibility index (Phi) is 3.50. The number of likely N-dealkylation sites (N-methyl/N-ethyl adjacent to an activating group) is 1. The van der Waals surface area contributed by atoms with Crippen LogP contribution in [0.15, 0.2) is 0 Å². The molecule has 4 nitrogen and oxygen atoms in total. The van der Waals surface area contributed by atoms with E-state index in [2.05, 4.69) is 36.2 Å². The molecule has 15 heavy (non-hydrogen) atoms. The van der Waals surface area contributed by atoms with Crippen LogP contribution < -0.4 is 5.32 Å². The molecule has 1 atom stereocenters. The summed E-state index contributed by atoms with van der Waals surface area (Å²) in [6.07, 6.45) is 0. The van der Waals surface area contributed by atoms with Crippen LogP contribution in [-0.4, -0.2) is 27.9 Å². The molecule has 0 fully saturated rings. The summed E-state index contributed by atoms with van der Waals surface area (Å²) >= 11 is 0. The summed E-state index contributed by atoms with van der Waals surface area (Å²) in [4.78, 5) is 4.30. The molecule has 1 N–H and O–H groups in total. The molecule has 1 aromatic heterocycles. The standard InChI is InChI=1S/C11H22N4/c1-8-13-9(2)15(14-8)7-10(12-6)11(3,4)5/h10,12H,7H2,1-6H3. The van der Waals surface area contributed by atoms with Gasteiger partial charge in [0, 0.05) is 6.04 Å². The van der Waals surface area contributed by atoms with Crippen LogP contribution in [0.3, 0.4) is 0 Å². The summed E-state index contributed by atoms with van der Waals surface area (Å²) in [7, 11) is 2.00. The Labute approximate surface area is 92.1 Å². The molecular weight excluding hydrogens is 188 g/mol. The third-order valence-corrected chi connectivity index (χ3v) is 2.71. The number of nitrogens with one attached hydrogen (secondary N) is 1. The van der Waals surface area contributed by atoms with Crippen LogP contribution in [0.4, 0.5) is 0 Å². The molecule has 1 heterocycles. The molecule has 0 amide bonds. The highest BCUT2D eigenvalue weighted by Gasteiger charge is 2.24. The molecule has 0 aliphatic rings. The van der Waals surface area contributed by atoms with Crippen molar-refractivity contribution < 1.29 is 0 Å². The Morgan fingerprint density at radius 3 is 2.27 bits per heavy atom. The highest BCUT2D eigenvalue weighted by atomic mass is 15.3. The van der Waals surface area contributed by atoms with Crippen molar-refractivity contribution in [2.75, 3.05) is 7.05 Å². The van der Waals surface area contributed by atoms with Gasteiger partial charge in [0.05, 0.1) is 6.54 Å². The van der Waals surface area contributed by atoms with E-state index >= 15 is 0 Å². The quantitative estimate of drug-likeness (QED) is 0.822. The molecule has 0 aromatic carbocycles. The highest BCUT2D eigenvalue weighted by molar-refractivity contribution is 4.90. The summed E-state index contributed by atoms with van der Waals surface area (Å²) in [6.45, 7) is 11.5. The van der Waals surface area contributed by atoms with Crippen LogP contribution >= 0.6 is 0 Å². The Hall–Kier alpha value is -0.900. The molecule has 0 saturated heterocycles. The van der Waals surface area contributed by atoms with Gasteiger partial charge in [0.1, 0.15) is 11.6 Å². The molecule has 0 spiro atoms. The molecule has 0 aliphatic carbocycles. The van der Waals surface area contributed by atoms with Crippen LogP contribution in [0.2, 0.25) is 0 Å². The lowest BCUT2D eigenvalue weighted by Gasteiger charge is -2.30. The number of nitrogens with zero attached hydrogens (tertiary/aromatic N) is 3. The average Bonchev–Trinajstić information content (AvgIpc) is 2.38. The fourth-order valence-corrected chi connectivity index (χ4v) is 1.71. The molecule has 0 saturated carbocycles. The van der Waals surface area contributed by atoms with Crippen LogP contribution in [-0.2, 0) is 6.54 Å². The van der Waals surface area contributed by atoms with Gasteiger partial charge in [-0.3, -0.25) is 0 Å². The van der Waals surface area contributed by atoms with Crippen molar-refractivity contribution in [2.45, 2.75) is 47.2 Å². The van der Waals surface area contributed by atoms with E-state index in [1.165, 1.54) is 0 Å². The minimum absolute atomic E-state index is 0.223. The average molecular weight is 210 g/mol. The van der Waals surface area contributed by atoms with Crippen molar-refractivity contribution in [1.82, 2.24) is 20.1 Å². The van der Waals surface area contributed by atoms with Crippen molar-refractivity contribution in [3.05, 3.63) is 11.6 Å². The van der Waals surface area contributed by atoms with Gasteiger partial charge in [-0.05, 0) is 26.3 Å². The third-order valence-electron chi connectivity index (χ3n) is 2.71. The number of rotatable bonds is 3. The van der Waals surface area contributed by atoms with E-state index in [4.69, 9.17) is 0 Å². The van der Waals surface area contributed by atoms with Gasteiger partial charge in [-0.25, -0.2) is 9.67 Å². The van der Waals surface area contributed by atoms with E-state index in [1.807, 2.05) is 25.6 Å². The number of aromatic nitrogens is 3. The predicted octanol–water partition coefficient (Wildman–Crippen LogP) is 1.53. The summed E-state index contributed by atoms with van der Waals surface area (Å²) < 4.78 is 1.97. The first kappa shape index (κ1) is 12.2. The van der Waals surface area contributed by atoms with E-state index < -0.39 is 0 Å². The minimum Gasteiger partial charge on any atom is -0.315 e. The lowest BCUT2D eigenvalue weighted by atomic mass is 9.87. The van der Waals surface area contributed by atoms with Gasteiger partial charge < -0.3 is 5.32 Å². The highest BCUT2D eigenvalue weighted by Crippen LogP contribution is 2.20. The van der Waals surface area contributed by atoms with Crippen LogP contribution in [0.1, 0.15) is 32.4 Å². The molecule has 86 valence electrons. The molecule has 0 bridgehead atoms. The summed E-state index contributed by atoms with van der Waals surface area (Å²) in [5, 5.41) is 7.72. The van der Waals surface area contributed by atoms with Crippen molar-refractivity contribution in [3.63, 3.8) is 0 Å². The topological polar surface area (TPSA) is 42.7 Å². The zero-order chi connectivity index (χ0) is 11.6. The van der Waals surface area contributed by atoms with Crippen molar-refractivity contribution in [3.8, 4) is 0 Å². The van der Waals surface area contributed by atoms with Gasteiger partial charge in [0.2, 0.25) is 0 Å². The van der Waals surface area contributed by atoms with Gasteiger partial charge in [-0.1, -0.05) is 20.8 Å². The first-order valence-electron chi connectivity index (χ1n) is 5.40. The van der Waals surface area contributed by atoms with E-state index in [1.54, 1.807) is 0 Å². The minimum atomic E-state index is 0.223. The SMILES string of the molecule is CNC(Cn1nc(C)nc1C)C(C)(C)C. The molecule has 4 heteroatoms. The zero-order valence-electron chi connectivity index (χ0n) is 10.6. The Balaban J connectivity index is 2.80. The summed E-state index contributed by atoms with van der Waals surface area (Å²) in [5.41, 5.74) is 0.223. The first-order valence-corrected chi connectivity index (χ1v) is 5.40. The Bertz CT molecular complexity index is 322. The monoisotopic (exact) mass is 210 g/mol. The maximum atomic E-state index is 4.38. The lowest BCUT2D eigenvalue weighted by molar-refractivity contribution is 0.245. The van der Waals surface area contributed by atoms with Crippen LogP contribution in [0.25, 0.3) is 0 Å². The van der Waals surface area contributed by atoms with E-state index in [9.17, 15) is 0 Å². The van der Waals surface area contributed by atoms with Crippen LogP contribution in [0.5, 0.6) is 0 Å². The molecular formula is C11H22N4. The fourth-order valence-electron chi connectivity index (χ4n) is 1.71. The van der Waals surface area contributed by atoms with Gasteiger partial charge in [-0.15, -0.1) is 0 Å². The maximum absolute atomic E-state index is 4.38. The smallest absolute Gasteiger partial charge is 0.147 e. The fraction of sp³-hybridized carbons (Fsp3) is 0.818. The van der Waals surface area contributed by atoms with E-state index in [0.717, 1.165) is 18.2 Å². The van der Waals surface area contributed by atoms with Crippen LogP contribution in [0, 0.1) is 19.3 Å². The summed E-state index contributed by atoms with van der Waals surface area (Å²) in [5.74, 6) is 1.83. The second-order valence-corrected chi connectivity index (χ2v) is 5.10. The lowest BCUT2D eigenvalue weighted by Crippen LogP contribution is -2.41. The van der Waals surface area contributed by atoms with Gasteiger partial charge >= 0.3 is 0 Å². The molecule has 1 aromatic rings. The molecule has 0 radical (unpaired) electrons. The molecule has 0 aliphatic heterocycles. The second kappa shape index (κ2) is 4.31. The largest absolute Gasteiger partial charge is 0.315 e. The number of aryl methyl sites for hydroxylation is 2. The zero-order valence-corrected chi connectivity index (χ0v) is 10.6. The first-order chi connectivity index (χ1) is 6.84. The number of hydrogen-bond donors (Lipinski definition) is 1. The third kappa shape index (κ3) is 3.02. The normalized spacial score (nSPS) is 14.3. The molecule has 1 unspecified atom stereocenters. The summed E-state index contributed by atoms with van der Waals surface area (Å²) in [6, 6.07) is 0.400. The Morgan fingerprint density at radius 2 is 1.93 bits per heavy atom. The number of hydrogen-bond acceptors (Lipinski definition) is 3. The van der Waals surface area contributed by atoms with Gasteiger partial charge in [-0.2, -0.15) is 5.10 Å². The predicted molar refractivity (Wildman–Crippen MR) is 61.8 cm³/mol. The van der Waals surface area contributed by atoms with Crippen molar-refractivity contribution in [2.24, 2.45) is 5.41 Å².